The van der Waals surface area contributed by atoms with E-state index in [1.54, 1.807) is 12.4 Å². The molecule has 0 aromatic carbocycles. The van der Waals surface area contributed by atoms with Crippen LogP contribution >= 0.6 is 0 Å². The van der Waals surface area contributed by atoms with E-state index in [-0.39, 0.29) is 0 Å². The van der Waals surface area contributed by atoms with Crippen molar-refractivity contribution in [1.82, 2.24) is 14.5 Å². The fourth-order valence-corrected chi connectivity index (χ4v) is 1.68. The van der Waals surface area contributed by atoms with Crippen LogP contribution in [0, 0.1) is 0 Å². The molecule has 0 aliphatic heterocycles. The van der Waals surface area contributed by atoms with E-state index in [4.69, 9.17) is 4.74 Å². The maximum atomic E-state index is 5.70. The molecule has 90 valence electrons. The molecule has 0 saturated carbocycles. The molecular formula is C13H17N3O. The van der Waals surface area contributed by atoms with Crippen molar-refractivity contribution >= 4 is 0 Å². The van der Waals surface area contributed by atoms with Gasteiger partial charge in [0.25, 0.3) is 0 Å². The number of aromatic nitrogens is 3. The van der Waals surface area contributed by atoms with Crippen LogP contribution in [0.15, 0.2) is 30.7 Å². The van der Waals surface area contributed by atoms with E-state index in [1.807, 2.05) is 22.9 Å². The third kappa shape index (κ3) is 2.46. The second-order valence-electron chi connectivity index (χ2n) is 3.74. The molecule has 0 unspecified atom stereocenters. The maximum absolute atomic E-state index is 5.70. The van der Waals surface area contributed by atoms with Crippen molar-refractivity contribution in [2.45, 2.75) is 26.7 Å². The largest absolute Gasteiger partial charge is 0.490 e. The average molecular weight is 231 g/mol. The van der Waals surface area contributed by atoms with Crippen molar-refractivity contribution < 1.29 is 4.74 Å². The molecule has 17 heavy (non-hydrogen) atoms. The zero-order valence-corrected chi connectivity index (χ0v) is 10.3. The average Bonchev–Trinajstić information content (AvgIpc) is 2.84. The topological polar surface area (TPSA) is 39.9 Å². The highest BCUT2D eigenvalue weighted by molar-refractivity contribution is 5.40. The number of rotatable bonds is 5. The molecule has 0 saturated heterocycles. The van der Waals surface area contributed by atoms with E-state index in [2.05, 4.69) is 23.8 Å². The summed E-state index contributed by atoms with van der Waals surface area (Å²) in [4.78, 5) is 8.68. The normalized spacial score (nSPS) is 10.5. The van der Waals surface area contributed by atoms with Crippen molar-refractivity contribution in [2.75, 3.05) is 6.61 Å². The summed E-state index contributed by atoms with van der Waals surface area (Å²) in [5.41, 5.74) is 0. The third-order valence-electron chi connectivity index (χ3n) is 2.47. The van der Waals surface area contributed by atoms with Crippen LogP contribution in [0.3, 0.4) is 0 Å². The van der Waals surface area contributed by atoms with Gasteiger partial charge in [0.2, 0.25) is 0 Å². The minimum atomic E-state index is 0.703. The molecule has 2 aromatic heterocycles. The van der Waals surface area contributed by atoms with Crippen LogP contribution in [0.2, 0.25) is 0 Å². The first-order valence-corrected chi connectivity index (χ1v) is 5.97. The summed E-state index contributed by atoms with van der Waals surface area (Å²) in [6.07, 6.45) is 7.33. The lowest BCUT2D eigenvalue weighted by molar-refractivity contribution is 0.315. The molecule has 2 heterocycles. The lowest BCUT2D eigenvalue weighted by Gasteiger charge is -2.11. The molecule has 4 heteroatoms. The molecule has 0 radical (unpaired) electrons. The Kier molecular flexibility index (Phi) is 3.75. The Morgan fingerprint density at radius 2 is 2.12 bits per heavy atom. The van der Waals surface area contributed by atoms with E-state index in [1.165, 1.54) is 0 Å². The maximum Gasteiger partial charge on any atom is 0.181 e. The van der Waals surface area contributed by atoms with Crippen LogP contribution in [0.25, 0.3) is 5.82 Å². The number of hydrogen-bond acceptors (Lipinski definition) is 3. The smallest absolute Gasteiger partial charge is 0.181 e. The van der Waals surface area contributed by atoms with Crippen LogP contribution in [-0.2, 0) is 6.42 Å². The van der Waals surface area contributed by atoms with Crippen molar-refractivity contribution in [3.63, 3.8) is 0 Å². The van der Waals surface area contributed by atoms with E-state index in [9.17, 15) is 0 Å². The van der Waals surface area contributed by atoms with Crippen LogP contribution < -0.4 is 4.74 Å². The molecular weight excluding hydrogens is 214 g/mol. The minimum absolute atomic E-state index is 0.703. The molecule has 0 amide bonds. The van der Waals surface area contributed by atoms with Crippen LogP contribution in [0.4, 0.5) is 0 Å². The van der Waals surface area contributed by atoms with Crippen molar-refractivity contribution in [1.29, 1.82) is 0 Å². The van der Waals surface area contributed by atoms with Gasteiger partial charge < -0.3 is 4.74 Å². The first-order valence-electron chi connectivity index (χ1n) is 5.97. The van der Waals surface area contributed by atoms with Gasteiger partial charge in [-0.05, 0) is 18.6 Å². The highest BCUT2D eigenvalue weighted by Gasteiger charge is 2.09. The number of aryl methyl sites for hydroxylation is 1. The van der Waals surface area contributed by atoms with E-state index >= 15 is 0 Å². The Morgan fingerprint density at radius 1 is 1.24 bits per heavy atom. The second kappa shape index (κ2) is 5.48. The van der Waals surface area contributed by atoms with Gasteiger partial charge in [0.1, 0.15) is 5.82 Å². The summed E-state index contributed by atoms with van der Waals surface area (Å²) >= 11 is 0. The van der Waals surface area contributed by atoms with E-state index in [0.29, 0.717) is 6.61 Å². The van der Waals surface area contributed by atoms with E-state index in [0.717, 1.165) is 30.2 Å². The Morgan fingerprint density at radius 3 is 2.88 bits per heavy atom. The van der Waals surface area contributed by atoms with Crippen molar-refractivity contribution in [3.05, 3.63) is 36.5 Å². The highest BCUT2D eigenvalue weighted by atomic mass is 16.5. The zero-order valence-electron chi connectivity index (χ0n) is 10.3. The predicted octanol–water partition coefficient (Wildman–Crippen LogP) is 2.62. The van der Waals surface area contributed by atoms with Gasteiger partial charge in [0, 0.05) is 25.0 Å². The quantitative estimate of drug-likeness (QED) is 0.794. The molecule has 2 aromatic rings. The standard InChI is InChI=1S/C13H17N3O/c1-3-10-17-11-6-5-7-15-13(11)16-9-8-14-12(16)4-2/h5-9H,3-4,10H2,1-2H3. The first kappa shape index (κ1) is 11.6. The van der Waals surface area contributed by atoms with Gasteiger partial charge >= 0.3 is 0 Å². The van der Waals surface area contributed by atoms with Gasteiger partial charge in [-0.3, -0.25) is 4.57 Å². The number of imidazole rings is 1. The number of pyridine rings is 1. The van der Waals surface area contributed by atoms with Crippen LogP contribution in [-0.4, -0.2) is 21.1 Å². The fraction of sp³-hybridized carbons (Fsp3) is 0.385. The highest BCUT2D eigenvalue weighted by Crippen LogP contribution is 2.21. The number of hydrogen-bond donors (Lipinski definition) is 0. The summed E-state index contributed by atoms with van der Waals surface area (Å²) in [5, 5.41) is 0. The molecule has 0 fully saturated rings. The minimum Gasteiger partial charge on any atom is -0.490 e. The van der Waals surface area contributed by atoms with Crippen molar-refractivity contribution in [2.24, 2.45) is 0 Å². The van der Waals surface area contributed by atoms with Gasteiger partial charge in [-0.15, -0.1) is 0 Å². The van der Waals surface area contributed by atoms with Crippen molar-refractivity contribution in [3.8, 4) is 11.6 Å². The first-order chi connectivity index (χ1) is 8.36. The third-order valence-corrected chi connectivity index (χ3v) is 2.47. The summed E-state index contributed by atoms with van der Waals surface area (Å²) in [5.74, 6) is 2.61. The Labute approximate surface area is 101 Å². The number of nitrogens with zero attached hydrogens (tertiary/aromatic N) is 3. The Hall–Kier alpha value is -1.84. The van der Waals surface area contributed by atoms with Crippen LogP contribution in [0.5, 0.6) is 5.75 Å². The Bertz CT molecular complexity index is 479. The van der Waals surface area contributed by atoms with Gasteiger partial charge in [-0.1, -0.05) is 13.8 Å². The monoisotopic (exact) mass is 231 g/mol. The molecule has 0 atom stereocenters. The predicted molar refractivity (Wildman–Crippen MR) is 66.5 cm³/mol. The second-order valence-corrected chi connectivity index (χ2v) is 3.74. The van der Waals surface area contributed by atoms with Gasteiger partial charge in [0.05, 0.1) is 6.61 Å². The zero-order chi connectivity index (χ0) is 12.1. The summed E-state index contributed by atoms with van der Waals surface area (Å²) in [6, 6.07) is 3.83. The summed E-state index contributed by atoms with van der Waals surface area (Å²) in [7, 11) is 0. The summed E-state index contributed by atoms with van der Waals surface area (Å²) < 4.78 is 7.68. The lowest BCUT2D eigenvalue weighted by Crippen LogP contribution is -2.05. The molecule has 0 N–H and O–H groups in total. The molecule has 2 rings (SSSR count). The van der Waals surface area contributed by atoms with Gasteiger partial charge in [0.15, 0.2) is 11.6 Å². The molecule has 0 aliphatic rings. The van der Waals surface area contributed by atoms with Gasteiger partial charge in [-0.25, -0.2) is 9.97 Å². The van der Waals surface area contributed by atoms with E-state index < -0.39 is 0 Å². The van der Waals surface area contributed by atoms with Gasteiger partial charge in [-0.2, -0.15) is 0 Å². The molecule has 0 spiro atoms. The molecule has 0 aliphatic carbocycles. The molecule has 0 bridgehead atoms. The lowest BCUT2D eigenvalue weighted by atomic mass is 10.4. The Balaban J connectivity index is 2.37. The fourth-order valence-electron chi connectivity index (χ4n) is 1.68. The molecule has 4 nitrogen and oxygen atoms in total. The summed E-state index contributed by atoms with van der Waals surface area (Å²) in [6.45, 7) is 4.87. The number of ether oxygens (including phenoxy) is 1. The SMILES string of the molecule is CCCOc1cccnc1-n1ccnc1CC. The van der Waals surface area contributed by atoms with Crippen LogP contribution in [0.1, 0.15) is 26.1 Å².